The molecule has 5 rings (SSSR count). The monoisotopic (exact) mass is 435 g/mol. The van der Waals surface area contributed by atoms with Gasteiger partial charge in [-0.05, 0) is 63.7 Å². The van der Waals surface area contributed by atoms with E-state index in [-0.39, 0.29) is 6.10 Å². The van der Waals surface area contributed by atoms with Gasteiger partial charge in [-0.1, -0.05) is 11.8 Å². The van der Waals surface area contributed by atoms with Gasteiger partial charge in [0.15, 0.2) is 0 Å². The topological polar surface area (TPSA) is 65.0 Å². The minimum Gasteiger partial charge on any atom is -0.495 e. The van der Waals surface area contributed by atoms with E-state index < -0.39 is 0 Å². The Bertz CT molecular complexity index is 1020. The van der Waals surface area contributed by atoms with Crippen LogP contribution in [0.3, 0.4) is 0 Å². The quantitative estimate of drug-likeness (QED) is 0.741. The van der Waals surface area contributed by atoms with Gasteiger partial charge < -0.3 is 19.6 Å². The number of aliphatic hydroxyl groups excluding tert-OH is 1. The van der Waals surface area contributed by atoms with Crippen molar-refractivity contribution in [1.29, 1.82) is 0 Å². The maximum Gasteiger partial charge on any atom is 0.227 e. The van der Waals surface area contributed by atoms with Gasteiger partial charge in [0.05, 0.1) is 30.8 Å². The molecule has 0 saturated carbocycles. The SMILES string of the molecule is COc1cc2c(N3CCCC(O)C3)nc(N3CCCC3)nc2cc1C#CCN1CCCC1. The number of fused-ring (bicyclic) bond motifs is 1. The molecule has 170 valence electrons. The van der Waals surface area contributed by atoms with E-state index in [9.17, 15) is 5.11 Å². The molecule has 1 unspecified atom stereocenters. The summed E-state index contributed by atoms with van der Waals surface area (Å²) in [5.74, 6) is 9.10. The number of anilines is 2. The molecule has 3 aliphatic heterocycles. The summed E-state index contributed by atoms with van der Waals surface area (Å²) < 4.78 is 5.72. The molecule has 3 aliphatic rings. The molecule has 3 saturated heterocycles. The van der Waals surface area contributed by atoms with Crippen molar-refractivity contribution in [3.05, 3.63) is 17.7 Å². The van der Waals surface area contributed by atoms with Gasteiger partial charge >= 0.3 is 0 Å². The summed E-state index contributed by atoms with van der Waals surface area (Å²) in [5, 5.41) is 11.2. The van der Waals surface area contributed by atoms with Gasteiger partial charge in [-0.3, -0.25) is 4.90 Å². The highest BCUT2D eigenvalue weighted by molar-refractivity contribution is 5.93. The summed E-state index contributed by atoms with van der Waals surface area (Å²) in [5.41, 5.74) is 1.76. The molecule has 0 aliphatic carbocycles. The fourth-order valence-corrected chi connectivity index (χ4v) is 5.03. The fraction of sp³-hybridized carbons (Fsp3) is 0.600. The van der Waals surface area contributed by atoms with Crippen LogP contribution in [0.15, 0.2) is 12.1 Å². The van der Waals surface area contributed by atoms with E-state index >= 15 is 0 Å². The molecule has 2 aromatic rings. The first kappa shape index (κ1) is 21.3. The largest absolute Gasteiger partial charge is 0.495 e. The zero-order valence-electron chi connectivity index (χ0n) is 19.0. The predicted molar refractivity (Wildman–Crippen MR) is 128 cm³/mol. The Kier molecular flexibility index (Phi) is 6.33. The average molecular weight is 436 g/mol. The van der Waals surface area contributed by atoms with E-state index in [4.69, 9.17) is 14.7 Å². The van der Waals surface area contributed by atoms with E-state index in [1.807, 2.05) is 6.07 Å². The van der Waals surface area contributed by atoms with Crippen LogP contribution in [-0.4, -0.2) is 79.0 Å². The van der Waals surface area contributed by atoms with Crippen molar-refractivity contribution in [1.82, 2.24) is 14.9 Å². The van der Waals surface area contributed by atoms with E-state index in [1.165, 1.54) is 25.7 Å². The second-order valence-corrected chi connectivity index (χ2v) is 9.14. The van der Waals surface area contributed by atoms with Crippen LogP contribution < -0.4 is 14.5 Å². The molecule has 4 heterocycles. The van der Waals surface area contributed by atoms with Crippen LogP contribution in [-0.2, 0) is 0 Å². The fourth-order valence-electron chi connectivity index (χ4n) is 5.03. The summed E-state index contributed by atoms with van der Waals surface area (Å²) in [7, 11) is 1.69. The maximum atomic E-state index is 10.3. The summed E-state index contributed by atoms with van der Waals surface area (Å²) in [6.07, 6.45) is 6.38. The Balaban J connectivity index is 1.55. The van der Waals surface area contributed by atoms with Crippen LogP contribution in [0.2, 0.25) is 0 Å². The van der Waals surface area contributed by atoms with Crippen molar-refractivity contribution >= 4 is 22.7 Å². The summed E-state index contributed by atoms with van der Waals surface area (Å²) in [6, 6.07) is 4.08. The molecule has 0 bridgehead atoms. The average Bonchev–Trinajstić information content (AvgIpc) is 3.52. The first-order valence-corrected chi connectivity index (χ1v) is 12.0. The second kappa shape index (κ2) is 9.51. The number of β-amino-alcohol motifs (C(OH)–C–C–N with tert-alkyl or cyclic N) is 1. The van der Waals surface area contributed by atoms with Crippen LogP contribution >= 0.6 is 0 Å². The van der Waals surface area contributed by atoms with E-state index in [0.717, 1.165) is 86.1 Å². The van der Waals surface area contributed by atoms with Gasteiger partial charge in [-0.25, -0.2) is 4.98 Å². The van der Waals surface area contributed by atoms with Gasteiger partial charge in [-0.2, -0.15) is 4.98 Å². The van der Waals surface area contributed by atoms with Gasteiger partial charge in [0.2, 0.25) is 5.95 Å². The third kappa shape index (κ3) is 4.48. The molecule has 7 nitrogen and oxygen atoms in total. The molecule has 1 N–H and O–H groups in total. The lowest BCUT2D eigenvalue weighted by Gasteiger charge is -2.32. The highest BCUT2D eigenvalue weighted by Crippen LogP contribution is 2.34. The molecule has 0 spiro atoms. The number of nitrogens with zero attached hydrogens (tertiary/aromatic N) is 5. The third-order valence-corrected chi connectivity index (χ3v) is 6.79. The summed E-state index contributed by atoms with van der Waals surface area (Å²) in [4.78, 5) is 16.8. The van der Waals surface area contributed by atoms with Crippen LogP contribution in [0.4, 0.5) is 11.8 Å². The normalized spacial score (nSPS) is 21.8. The lowest BCUT2D eigenvalue weighted by atomic mass is 10.1. The minimum absolute atomic E-state index is 0.318. The number of aromatic nitrogens is 2. The number of ether oxygens (including phenoxy) is 1. The molecule has 0 amide bonds. The standard InChI is InChI=1S/C25H33N5O2/c1-32-23-17-21-22(16-19(23)8-6-12-28-10-2-3-11-28)26-25(29-13-4-5-14-29)27-24(21)30-15-7-9-20(31)18-30/h16-17,20,31H,2-5,7,9-15,18H2,1H3. The Hall–Kier alpha value is -2.56. The lowest BCUT2D eigenvalue weighted by molar-refractivity contribution is 0.154. The molecule has 1 aromatic carbocycles. The number of hydrogen-bond acceptors (Lipinski definition) is 7. The molecule has 1 aromatic heterocycles. The van der Waals surface area contributed by atoms with Gasteiger partial charge in [0.1, 0.15) is 11.6 Å². The molecule has 1 atom stereocenters. The van der Waals surface area contributed by atoms with Crippen LogP contribution in [0.25, 0.3) is 10.9 Å². The van der Waals surface area contributed by atoms with Gasteiger partial charge in [0, 0.05) is 31.6 Å². The number of methoxy groups -OCH3 is 1. The highest BCUT2D eigenvalue weighted by atomic mass is 16.5. The molecule has 0 radical (unpaired) electrons. The summed E-state index contributed by atoms with van der Waals surface area (Å²) >= 11 is 0. The van der Waals surface area contributed by atoms with Gasteiger partial charge in [0.25, 0.3) is 0 Å². The predicted octanol–water partition coefficient (Wildman–Crippen LogP) is 2.65. The molecule has 32 heavy (non-hydrogen) atoms. The van der Waals surface area contributed by atoms with E-state index in [0.29, 0.717) is 6.54 Å². The van der Waals surface area contributed by atoms with Crippen molar-refractivity contribution in [2.45, 2.75) is 44.6 Å². The first-order valence-electron chi connectivity index (χ1n) is 12.0. The molecular weight excluding hydrogens is 402 g/mol. The van der Waals surface area contributed by atoms with Crippen LogP contribution in [0, 0.1) is 11.8 Å². The zero-order chi connectivity index (χ0) is 21.9. The van der Waals surface area contributed by atoms with E-state index in [2.05, 4.69) is 32.6 Å². The van der Waals surface area contributed by atoms with Gasteiger partial charge in [-0.15, -0.1) is 0 Å². The van der Waals surface area contributed by atoms with Crippen molar-refractivity contribution in [3.63, 3.8) is 0 Å². The maximum absolute atomic E-state index is 10.3. The Morgan fingerprint density at radius 3 is 2.50 bits per heavy atom. The van der Waals surface area contributed by atoms with Crippen molar-refractivity contribution in [2.75, 3.05) is 62.7 Å². The van der Waals surface area contributed by atoms with Crippen molar-refractivity contribution in [3.8, 4) is 17.6 Å². The lowest BCUT2D eigenvalue weighted by Crippen LogP contribution is -2.39. The molecular formula is C25H33N5O2. The number of rotatable bonds is 4. The first-order chi connectivity index (χ1) is 15.7. The van der Waals surface area contributed by atoms with Crippen LogP contribution in [0.5, 0.6) is 5.75 Å². The molecule has 3 fully saturated rings. The smallest absolute Gasteiger partial charge is 0.227 e. The number of hydrogen-bond donors (Lipinski definition) is 1. The highest BCUT2D eigenvalue weighted by Gasteiger charge is 2.25. The van der Waals surface area contributed by atoms with Crippen molar-refractivity contribution in [2.24, 2.45) is 0 Å². The zero-order valence-corrected chi connectivity index (χ0v) is 19.0. The summed E-state index contributed by atoms with van der Waals surface area (Å²) in [6.45, 7) is 6.55. The van der Waals surface area contributed by atoms with Crippen molar-refractivity contribution < 1.29 is 9.84 Å². The third-order valence-electron chi connectivity index (χ3n) is 6.79. The Labute approximate surface area is 190 Å². The van der Waals surface area contributed by atoms with E-state index in [1.54, 1.807) is 7.11 Å². The number of benzene rings is 1. The minimum atomic E-state index is -0.318. The number of aliphatic hydroxyl groups is 1. The Morgan fingerprint density at radius 1 is 1.00 bits per heavy atom. The Morgan fingerprint density at radius 2 is 1.75 bits per heavy atom. The second-order valence-electron chi connectivity index (χ2n) is 9.14. The number of piperidine rings is 1. The number of likely N-dealkylation sites (tertiary alicyclic amines) is 1. The molecule has 7 heteroatoms. The van der Waals surface area contributed by atoms with Crippen LogP contribution in [0.1, 0.15) is 44.1 Å².